The van der Waals surface area contributed by atoms with E-state index in [0.717, 1.165) is 99.0 Å². The fourth-order valence-electron chi connectivity index (χ4n) is 5.02. The molecule has 0 aliphatic carbocycles. The second-order valence-electron chi connectivity index (χ2n) is 9.78. The molecule has 2 aromatic carbocycles. The molecule has 7 nitrogen and oxygen atoms in total. The van der Waals surface area contributed by atoms with Crippen LogP contribution >= 0.6 is 0 Å². The van der Waals surface area contributed by atoms with Gasteiger partial charge >= 0.3 is 0 Å². The molecule has 0 amide bonds. The lowest BCUT2D eigenvalue weighted by molar-refractivity contribution is 0.140. The Hall–Kier alpha value is -2.77. The molecule has 2 heterocycles. The molecule has 1 saturated heterocycles. The summed E-state index contributed by atoms with van der Waals surface area (Å²) < 4.78 is 14.1. The molecule has 0 atom stereocenters. The van der Waals surface area contributed by atoms with Gasteiger partial charge in [-0.25, -0.2) is 4.98 Å². The van der Waals surface area contributed by atoms with Gasteiger partial charge in [0.2, 0.25) is 5.95 Å². The third-order valence-corrected chi connectivity index (χ3v) is 7.30. The second kappa shape index (κ2) is 12.5. The highest BCUT2D eigenvalue weighted by atomic mass is 16.5. The highest BCUT2D eigenvalue weighted by Gasteiger charge is 2.20. The lowest BCUT2D eigenvalue weighted by Crippen LogP contribution is -2.33. The van der Waals surface area contributed by atoms with Crippen molar-refractivity contribution in [2.75, 3.05) is 57.4 Å². The smallest absolute Gasteiger partial charge is 0.206 e. The number of phenols is 1. The summed E-state index contributed by atoms with van der Waals surface area (Å²) in [5.74, 6) is 2.33. The number of ether oxygens (including phenoxy) is 2. The number of nitrogens with zero attached hydrogens (tertiary/aromatic N) is 4. The molecule has 196 valence electrons. The first-order valence-corrected chi connectivity index (χ1v) is 13.4. The van der Waals surface area contributed by atoms with Gasteiger partial charge in [-0.05, 0) is 94.9 Å². The largest absolute Gasteiger partial charge is 0.507 e. The number of fused-ring (bicyclic) bond motifs is 1. The van der Waals surface area contributed by atoms with E-state index in [-0.39, 0.29) is 0 Å². The van der Waals surface area contributed by atoms with E-state index < -0.39 is 0 Å². The molecule has 3 aromatic rings. The minimum absolute atomic E-state index is 0.375. The first-order valence-electron chi connectivity index (χ1n) is 13.4. The molecule has 1 aromatic heterocycles. The zero-order valence-corrected chi connectivity index (χ0v) is 22.4. The van der Waals surface area contributed by atoms with Gasteiger partial charge in [0.1, 0.15) is 11.5 Å². The van der Waals surface area contributed by atoms with Crippen molar-refractivity contribution in [1.29, 1.82) is 0 Å². The summed E-state index contributed by atoms with van der Waals surface area (Å²) in [6.45, 7) is 16.1. The van der Waals surface area contributed by atoms with Gasteiger partial charge in [0.15, 0.2) is 0 Å². The summed E-state index contributed by atoms with van der Waals surface area (Å²) in [5.41, 5.74) is 5.04. The lowest BCUT2D eigenvalue weighted by atomic mass is 10.0. The van der Waals surface area contributed by atoms with E-state index in [1.54, 1.807) is 0 Å². The van der Waals surface area contributed by atoms with Crippen molar-refractivity contribution >= 4 is 17.0 Å². The predicted molar refractivity (Wildman–Crippen MR) is 147 cm³/mol. The summed E-state index contributed by atoms with van der Waals surface area (Å²) in [5, 5.41) is 10.1. The number of aromatic hydroxyl groups is 1. The van der Waals surface area contributed by atoms with E-state index in [4.69, 9.17) is 14.5 Å². The van der Waals surface area contributed by atoms with E-state index in [0.29, 0.717) is 19.0 Å². The van der Waals surface area contributed by atoms with Crippen molar-refractivity contribution in [3.05, 3.63) is 47.0 Å². The van der Waals surface area contributed by atoms with Gasteiger partial charge in [-0.1, -0.05) is 12.1 Å². The van der Waals surface area contributed by atoms with Crippen LogP contribution in [0.1, 0.15) is 42.9 Å². The number of anilines is 1. The number of phenolic OH excluding ortho intramolecular Hbond substituents is 1. The second-order valence-corrected chi connectivity index (χ2v) is 9.78. The average molecular weight is 495 g/mol. The van der Waals surface area contributed by atoms with E-state index in [9.17, 15) is 5.11 Å². The van der Waals surface area contributed by atoms with E-state index in [1.807, 2.05) is 33.8 Å². The Bertz CT molecular complexity index is 1140. The van der Waals surface area contributed by atoms with Gasteiger partial charge in [0.05, 0.1) is 24.2 Å². The summed E-state index contributed by atoms with van der Waals surface area (Å²) in [7, 11) is 0. The highest BCUT2D eigenvalue weighted by Crippen LogP contribution is 2.32. The molecule has 1 N–H and O–H groups in total. The highest BCUT2D eigenvalue weighted by molar-refractivity contribution is 5.78. The molecular formula is C29H42N4O3. The Morgan fingerprint density at radius 1 is 0.944 bits per heavy atom. The van der Waals surface area contributed by atoms with Crippen LogP contribution in [-0.4, -0.2) is 72.1 Å². The quantitative estimate of drug-likeness (QED) is 0.375. The number of hydrogen-bond donors (Lipinski definition) is 1. The van der Waals surface area contributed by atoms with Crippen LogP contribution in [0.3, 0.4) is 0 Å². The molecule has 0 radical (unpaired) electrons. The summed E-state index contributed by atoms with van der Waals surface area (Å²) in [6.07, 6.45) is 3.27. The zero-order valence-electron chi connectivity index (χ0n) is 22.4. The van der Waals surface area contributed by atoms with Crippen molar-refractivity contribution in [3.63, 3.8) is 0 Å². The number of rotatable bonds is 11. The van der Waals surface area contributed by atoms with Crippen LogP contribution < -0.4 is 9.64 Å². The van der Waals surface area contributed by atoms with Gasteiger partial charge in [0, 0.05) is 32.8 Å². The van der Waals surface area contributed by atoms with Crippen molar-refractivity contribution in [1.82, 2.24) is 14.5 Å². The third kappa shape index (κ3) is 6.13. The maximum atomic E-state index is 10.1. The van der Waals surface area contributed by atoms with E-state index in [2.05, 4.69) is 38.6 Å². The Balaban J connectivity index is 1.28. The van der Waals surface area contributed by atoms with Gasteiger partial charge in [0.25, 0.3) is 0 Å². The molecule has 1 aliphatic rings. The van der Waals surface area contributed by atoms with Crippen molar-refractivity contribution in [2.24, 2.45) is 0 Å². The normalized spacial score (nSPS) is 14.9. The summed E-state index contributed by atoms with van der Waals surface area (Å²) >= 11 is 0. The summed E-state index contributed by atoms with van der Waals surface area (Å²) in [4.78, 5) is 10.0. The Morgan fingerprint density at radius 3 is 2.61 bits per heavy atom. The van der Waals surface area contributed by atoms with Crippen molar-refractivity contribution in [2.45, 2.75) is 53.5 Å². The van der Waals surface area contributed by atoms with Crippen LogP contribution in [0, 0.1) is 20.8 Å². The Labute approximate surface area is 215 Å². The molecule has 0 spiro atoms. The van der Waals surface area contributed by atoms with E-state index in [1.165, 1.54) is 5.52 Å². The monoisotopic (exact) mass is 494 g/mol. The fraction of sp³-hybridized carbons (Fsp3) is 0.552. The predicted octanol–water partition coefficient (Wildman–Crippen LogP) is 5.07. The topological polar surface area (TPSA) is 63.0 Å². The van der Waals surface area contributed by atoms with Gasteiger partial charge < -0.3 is 28.9 Å². The SMILES string of the molecule is CCOCCn1c(N2CCCN(CCCCOc3cc(C)c(O)c(C)c3C)CC2)nc2ccccc21. The summed E-state index contributed by atoms with van der Waals surface area (Å²) in [6, 6.07) is 10.4. The number of aryl methyl sites for hydroxylation is 1. The lowest BCUT2D eigenvalue weighted by Gasteiger charge is -2.24. The first kappa shape index (κ1) is 26.3. The molecule has 0 unspecified atom stereocenters. The molecule has 4 rings (SSSR count). The fourth-order valence-corrected chi connectivity index (χ4v) is 5.02. The molecular weight excluding hydrogens is 452 g/mol. The van der Waals surface area contributed by atoms with Crippen LogP contribution in [0.2, 0.25) is 0 Å². The number of benzene rings is 2. The Kier molecular flexibility index (Phi) is 9.10. The number of para-hydroxylation sites is 2. The van der Waals surface area contributed by atoms with Gasteiger partial charge in [-0.3, -0.25) is 0 Å². The van der Waals surface area contributed by atoms with Gasteiger partial charge in [-0.2, -0.15) is 0 Å². The molecule has 0 saturated carbocycles. The molecule has 0 bridgehead atoms. The molecule has 7 heteroatoms. The van der Waals surface area contributed by atoms with Gasteiger partial charge in [-0.15, -0.1) is 0 Å². The number of unbranched alkanes of at least 4 members (excludes halogenated alkanes) is 1. The zero-order chi connectivity index (χ0) is 25.5. The third-order valence-electron chi connectivity index (χ3n) is 7.30. The molecule has 1 aliphatic heterocycles. The van der Waals surface area contributed by atoms with Crippen molar-refractivity contribution < 1.29 is 14.6 Å². The van der Waals surface area contributed by atoms with Crippen LogP contribution in [0.15, 0.2) is 30.3 Å². The maximum Gasteiger partial charge on any atom is 0.206 e. The van der Waals surface area contributed by atoms with Crippen LogP contribution in [0.25, 0.3) is 11.0 Å². The molecule has 36 heavy (non-hydrogen) atoms. The van der Waals surface area contributed by atoms with Crippen LogP contribution in [0.5, 0.6) is 11.5 Å². The molecule has 1 fully saturated rings. The van der Waals surface area contributed by atoms with E-state index >= 15 is 0 Å². The van der Waals surface area contributed by atoms with Crippen LogP contribution in [0.4, 0.5) is 5.95 Å². The standard InChI is InChI=1S/C29H42N4O3/c1-5-35-20-18-33-26-12-7-6-11-25(26)30-29(33)32-15-10-14-31(16-17-32)13-8-9-19-36-27-21-22(2)28(34)24(4)23(27)3/h6-7,11-12,21,34H,5,8-10,13-20H2,1-4H3. The van der Waals surface area contributed by atoms with Crippen LogP contribution in [-0.2, 0) is 11.3 Å². The number of hydrogen-bond acceptors (Lipinski definition) is 6. The maximum absolute atomic E-state index is 10.1. The number of imidazole rings is 1. The Morgan fingerprint density at radius 2 is 1.78 bits per heavy atom. The first-order chi connectivity index (χ1) is 17.5. The average Bonchev–Trinajstić information content (AvgIpc) is 3.08. The minimum Gasteiger partial charge on any atom is -0.507 e. The number of aromatic nitrogens is 2. The minimum atomic E-state index is 0.375. The van der Waals surface area contributed by atoms with Crippen molar-refractivity contribution in [3.8, 4) is 11.5 Å².